The molecule has 0 saturated carbocycles. The second kappa shape index (κ2) is 7.22. The lowest BCUT2D eigenvalue weighted by Crippen LogP contribution is -2.44. The van der Waals surface area contributed by atoms with Gasteiger partial charge in [0, 0.05) is 5.56 Å². The van der Waals surface area contributed by atoms with Crippen molar-refractivity contribution in [3.63, 3.8) is 0 Å². The van der Waals surface area contributed by atoms with Crippen LogP contribution in [0.3, 0.4) is 0 Å². The summed E-state index contributed by atoms with van der Waals surface area (Å²) in [6, 6.07) is 16.3. The summed E-state index contributed by atoms with van der Waals surface area (Å²) in [5.41, 5.74) is 7.83. The van der Waals surface area contributed by atoms with Crippen molar-refractivity contribution < 1.29 is 9.59 Å². The van der Waals surface area contributed by atoms with Crippen molar-refractivity contribution in [1.29, 1.82) is 0 Å². The highest BCUT2D eigenvalue weighted by molar-refractivity contribution is 5.97. The Hall–Kier alpha value is -2.88. The molecule has 0 unspecified atom stereocenters. The molecule has 0 saturated heterocycles. The van der Waals surface area contributed by atoms with Crippen LogP contribution in [0.5, 0.6) is 0 Å². The SMILES string of the molecule is C=CC[C@@H](NC(=O)c1ccc(-c2ccccc2)cc1)C(N)=O. The molecular formula is C18H18N2O2. The molecule has 0 fully saturated rings. The highest BCUT2D eigenvalue weighted by Crippen LogP contribution is 2.19. The number of nitrogens with one attached hydrogen (secondary N) is 1. The van der Waals surface area contributed by atoms with E-state index >= 15 is 0 Å². The molecule has 4 nitrogen and oxygen atoms in total. The number of hydrogen-bond acceptors (Lipinski definition) is 2. The van der Waals surface area contributed by atoms with Crippen LogP contribution in [-0.4, -0.2) is 17.9 Å². The lowest BCUT2D eigenvalue weighted by Gasteiger charge is -2.13. The predicted molar refractivity (Wildman–Crippen MR) is 87.1 cm³/mol. The molecule has 4 heteroatoms. The fourth-order valence-corrected chi connectivity index (χ4v) is 2.10. The molecule has 0 aliphatic carbocycles. The molecular weight excluding hydrogens is 276 g/mol. The van der Waals surface area contributed by atoms with Gasteiger partial charge in [0.25, 0.3) is 5.91 Å². The van der Waals surface area contributed by atoms with Gasteiger partial charge in [-0.25, -0.2) is 0 Å². The summed E-state index contributed by atoms with van der Waals surface area (Å²) in [4.78, 5) is 23.4. The number of hydrogen-bond donors (Lipinski definition) is 2. The molecule has 1 atom stereocenters. The van der Waals surface area contributed by atoms with Crippen LogP contribution in [0.25, 0.3) is 11.1 Å². The molecule has 0 heterocycles. The zero-order valence-electron chi connectivity index (χ0n) is 12.2. The summed E-state index contributed by atoms with van der Waals surface area (Å²) < 4.78 is 0. The van der Waals surface area contributed by atoms with Gasteiger partial charge in [-0.05, 0) is 29.7 Å². The van der Waals surface area contributed by atoms with Crippen LogP contribution in [-0.2, 0) is 4.79 Å². The zero-order chi connectivity index (χ0) is 15.9. The van der Waals surface area contributed by atoms with Crippen molar-refractivity contribution in [3.05, 3.63) is 72.8 Å². The third-order valence-electron chi connectivity index (χ3n) is 3.31. The number of benzene rings is 2. The van der Waals surface area contributed by atoms with E-state index in [1.54, 1.807) is 18.2 Å². The molecule has 2 rings (SSSR count). The highest BCUT2D eigenvalue weighted by Gasteiger charge is 2.17. The normalized spacial score (nSPS) is 11.5. The molecule has 0 bridgehead atoms. The number of carbonyl (C=O) groups is 2. The zero-order valence-corrected chi connectivity index (χ0v) is 12.2. The highest BCUT2D eigenvalue weighted by atomic mass is 16.2. The van der Waals surface area contributed by atoms with Gasteiger partial charge in [0.05, 0.1) is 0 Å². The monoisotopic (exact) mass is 294 g/mol. The van der Waals surface area contributed by atoms with Gasteiger partial charge in [0.1, 0.15) is 6.04 Å². The molecule has 112 valence electrons. The van der Waals surface area contributed by atoms with Crippen LogP contribution in [0.1, 0.15) is 16.8 Å². The molecule has 2 amide bonds. The van der Waals surface area contributed by atoms with Crippen LogP contribution < -0.4 is 11.1 Å². The van der Waals surface area contributed by atoms with E-state index in [-0.39, 0.29) is 5.91 Å². The molecule has 0 radical (unpaired) electrons. The van der Waals surface area contributed by atoms with Crippen molar-refractivity contribution >= 4 is 11.8 Å². The first-order valence-electron chi connectivity index (χ1n) is 6.98. The fourth-order valence-electron chi connectivity index (χ4n) is 2.10. The van der Waals surface area contributed by atoms with Gasteiger partial charge < -0.3 is 11.1 Å². The maximum Gasteiger partial charge on any atom is 0.251 e. The second-order valence-corrected chi connectivity index (χ2v) is 4.90. The number of primary amides is 1. The molecule has 0 aliphatic rings. The summed E-state index contributed by atoms with van der Waals surface area (Å²) >= 11 is 0. The van der Waals surface area contributed by atoms with Crippen LogP contribution in [0.15, 0.2) is 67.3 Å². The predicted octanol–water partition coefficient (Wildman–Crippen LogP) is 2.51. The Labute approximate surface area is 129 Å². The minimum absolute atomic E-state index is 0.309. The lowest BCUT2D eigenvalue weighted by molar-refractivity contribution is -0.119. The minimum atomic E-state index is -0.737. The van der Waals surface area contributed by atoms with Gasteiger partial charge in [-0.3, -0.25) is 9.59 Å². The Kier molecular flexibility index (Phi) is 5.09. The average Bonchev–Trinajstić information content (AvgIpc) is 2.55. The molecule has 0 spiro atoms. The van der Waals surface area contributed by atoms with Crippen molar-refractivity contribution in [3.8, 4) is 11.1 Å². The van der Waals surface area contributed by atoms with Crippen molar-refractivity contribution in [2.45, 2.75) is 12.5 Å². The van der Waals surface area contributed by atoms with Gasteiger partial charge in [0.15, 0.2) is 0 Å². The third-order valence-corrected chi connectivity index (χ3v) is 3.31. The summed E-state index contributed by atoms with van der Waals surface area (Å²) in [5, 5.41) is 2.61. The smallest absolute Gasteiger partial charge is 0.251 e. The molecule has 2 aromatic rings. The van der Waals surface area contributed by atoms with Crippen LogP contribution in [0.4, 0.5) is 0 Å². The van der Waals surface area contributed by atoms with Gasteiger partial charge in [-0.1, -0.05) is 48.5 Å². The number of nitrogens with two attached hydrogens (primary N) is 1. The molecule has 0 aromatic heterocycles. The summed E-state index contributed by atoms with van der Waals surface area (Å²) in [7, 11) is 0. The number of carbonyl (C=O) groups excluding carboxylic acids is 2. The fraction of sp³-hybridized carbons (Fsp3) is 0.111. The first-order valence-corrected chi connectivity index (χ1v) is 6.98. The Bertz CT molecular complexity index is 663. The largest absolute Gasteiger partial charge is 0.368 e. The van der Waals surface area contributed by atoms with E-state index in [2.05, 4.69) is 11.9 Å². The van der Waals surface area contributed by atoms with E-state index in [4.69, 9.17) is 5.73 Å². The van der Waals surface area contributed by atoms with Crippen molar-refractivity contribution in [2.75, 3.05) is 0 Å². The van der Waals surface area contributed by atoms with E-state index in [9.17, 15) is 9.59 Å². The van der Waals surface area contributed by atoms with E-state index < -0.39 is 11.9 Å². The Morgan fingerprint density at radius 3 is 2.18 bits per heavy atom. The summed E-state index contributed by atoms with van der Waals surface area (Å²) in [6.07, 6.45) is 1.86. The first-order chi connectivity index (χ1) is 10.6. The Balaban J connectivity index is 2.11. The van der Waals surface area contributed by atoms with Gasteiger partial charge in [-0.15, -0.1) is 6.58 Å². The average molecular weight is 294 g/mol. The standard InChI is InChI=1S/C18H18N2O2/c1-2-6-16(17(19)21)20-18(22)15-11-9-14(10-12-15)13-7-4-3-5-8-13/h2-5,7-12,16H,1,6H2,(H2,19,21)(H,20,22)/t16-/m1/s1. The quantitative estimate of drug-likeness (QED) is 0.803. The number of amides is 2. The van der Waals surface area contributed by atoms with Crippen molar-refractivity contribution in [1.82, 2.24) is 5.32 Å². The van der Waals surface area contributed by atoms with Gasteiger partial charge >= 0.3 is 0 Å². The summed E-state index contributed by atoms with van der Waals surface area (Å²) in [5.74, 6) is -0.903. The van der Waals surface area contributed by atoms with Gasteiger partial charge in [-0.2, -0.15) is 0 Å². The maximum absolute atomic E-state index is 12.1. The number of rotatable bonds is 6. The first kappa shape index (κ1) is 15.5. The van der Waals surface area contributed by atoms with E-state index in [0.717, 1.165) is 11.1 Å². The van der Waals surface area contributed by atoms with E-state index in [1.165, 1.54) is 0 Å². The Morgan fingerprint density at radius 2 is 1.64 bits per heavy atom. The molecule has 2 aromatic carbocycles. The van der Waals surface area contributed by atoms with Crippen LogP contribution in [0, 0.1) is 0 Å². The third kappa shape index (κ3) is 3.82. The van der Waals surface area contributed by atoms with Gasteiger partial charge in [0.2, 0.25) is 5.91 Å². The Morgan fingerprint density at radius 1 is 1.05 bits per heavy atom. The van der Waals surface area contributed by atoms with E-state index in [1.807, 2.05) is 42.5 Å². The van der Waals surface area contributed by atoms with Crippen molar-refractivity contribution in [2.24, 2.45) is 5.73 Å². The van der Waals surface area contributed by atoms with E-state index in [0.29, 0.717) is 12.0 Å². The summed E-state index contributed by atoms with van der Waals surface area (Å²) in [6.45, 7) is 3.55. The molecule has 0 aliphatic heterocycles. The molecule has 22 heavy (non-hydrogen) atoms. The maximum atomic E-state index is 12.1. The van der Waals surface area contributed by atoms with Crippen LogP contribution in [0.2, 0.25) is 0 Å². The minimum Gasteiger partial charge on any atom is -0.368 e. The molecule has 3 N–H and O–H groups in total. The topological polar surface area (TPSA) is 72.2 Å². The van der Waals surface area contributed by atoms with Crippen LogP contribution >= 0.6 is 0 Å². The second-order valence-electron chi connectivity index (χ2n) is 4.90. The lowest BCUT2D eigenvalue weighted by atomic mass is 10.0.